The van der Waals surface area contributed by atoms with E-state index in [2.05, 4.69) is 15.6 Å². The third-order valence-corrected chi connectivity index (χ3v) is 3.97. The van der Waals surface area contributed by atoms with Crippen molar-refractivity contribution in [2.75, 3.05) is 33.4 Å². The number of benzene rings is 1. The Kier molecular flexibility index (Phi) is 13.5. The molecule has 0 bridgehead atoms. The van der Waals surface area contributed by atoms with Crippen LogP contribution in [-0.4, -0.2) is 44.2 Å². The summed E-state index contributed by atoms with van der Waals surface area (Å²) >= 11 is 12.0. The molecule has 0 saturated heterocycles. The molecule has 0 aliphatic rings. The zero-order valence-corrected chi connectivity index (χ0v) is 17.9. The van der Waals surface area contributed by atoms with Crippen molar-refractivity contribution >= 4 is 53.9 Å². The van der Waals surface area contributed by atoms with E-state index in [1.807, 2.05) is 0 Å². The number of aryl methyl sites for hydroxylation is 1. The lowest BCUT2D eigenvalue weighted by molar-refractivity contribution is -0.121. The molecule has 2 rings (SSSR count). The summed E-state index contributed by atoms with van der Waals surface area (Å²) < 4.78 is 10.6. The third kappa shape index (κ3) is 9.14. The predicted molar refractivity (Wildman–Crippen MR) is 113 cm³/mol. The molecule has 1 amide bonds. The number of methoxy groups -OCH3 is 1. The van der Waals surface area contributed by atoms with Crippen molar-refractivity contribution in [1.29, 1.82) is 0 Å². The molecule has 0 unspecified atom stereocenters. The van der Waals surface area contributed by atoms with Crippen LogP contribution in [0.3, 0.4) is 0 Å². The Morgan fingerprint density at radius 3 is 2.70 bits per heavy atom. The Bertz CT molecular complexity index is 698. The van der Waals surface area contributed by atoms with Gasteiger partial charge in [0.1, 0.15) is 0 Å². The average molecular weight is 459 g/mol. The Balaban J connectivity index is 0.00000338. The largest absolute Gasteiger partial charge is 0.441 e. The normalized spacial score (nSPS) is 10.0. The number of rotatable bonds is 10. The first kappa shape index (κ1) is 26.0. The van der Waals surface area contributed by atoms with E-state index in [0.29, 0.717) is 54.2 Å². The predicted octanol–water partition coefficient (Wildman–Crippen LogP) is 3.78. The van der Waals surface area contributed by atoms with Crippen molar-refractivity contribution in [3.63, 3.8) is 0 Å². The smallest absolute Gasteiger partial charge is 0.220 e. The molecule has 0 radical (unpaired) electrons. The van der Waals surface area contributed by atoms with Gasteiger partial charge in [-0.25, -0.2) is 4.98 Å². The number of nitrogens with zero attached hydrogens (tertiary/aromatic N) is 1. The maximum absolute atomic E-state index is 11.8. The number of nitrogens with one attached hydrogen (secondary N) is 2. The molecule has 10 heteroatoms. The second-order valence-corrected chi connectivity index (χ2v) is 6.18. The molecular formula is C17H23Cl4N3O3. The number of amides is 1. The van der Waals surface area contributed by atoms with Gasteiger partial charge < -0.3 is 19.8 Å². The highest BCUT2D eigenvalue weighted by Gasteiger charge is 2.11. The minimum absolute atomic E-state index is 0. The molecule has 2 N–H and O–H groups in total. The van der Waals surface area contributed by atoms with Gasteiger partial charge in [-0.05, 0) is 18.2 Å². The van der Waals surface area contributed by atoms with E-state index >= 15 is 0 Å². The van der Waals surface area contributed by atoms with Crippen LogP contribution in [0.15, 0.2) is 28.8 Å². The van der Waals surface area contributed by atoms with Gasteiger partial charge >= 0.3 is 0 Å². The summed E-state index contributed by atoms with van der Waals surface area (Å²) in [5.74, 6) is 1.01. The van der Waals surface area contributed by atoms with E-state index in [1.54, 1.807) is 31.5 Å². The minimum atomic E-state index is -0.0437. The fraction of sp³-hybridized carbons (Fsp3) is 0.412. The molecule has 6 nitrogen and oxygen atoms in total. The van der Waals surface area contributed by atoms with Crippen LogP contribution in [0, 0.1) is 0 Å². The highest BCUT2D eigenvalue weighted by Crippen LogP contribution is 2.30. The first-order chi connectivity index (χ1) is 12.1. The Labute approximate surface area is 181 Å². The van der Waals surface area contributed by atoms with E-state index < -0.39 is 0 Å². The van der Waals surface area contributed by atoms with Crippen LogP contribution in [0.1, 0.15) is 12.3 Å². The van der Waals surface area contributed by atoms with Crippen molar-refractivity contribution in [2.24, 2.45) is 0 Å². The van der Waals surface area contributed by atoms with Crippen LogP contribution in [0.2, 0.25) is 10.0 Å². The summed E-state index contributed by atoms with van der Waals surface area (Å²) in [5.41, 5.74) is 0.719. The Morgan fingerprint density at radius 2 is 2.00 bits per heavy atom. The van der Waals surface area contributed by atoms with E-state index in [9.17, 15) is 4.79 Å². The molecule has 0 saturated carbocycles. The molecule has 2 aromatic rings. The van der Waals surface area contributed by atoms with Gasteiger partial charge in [0.05, 0.1) is 17.8 Å². The van der Waals surface area contributed by atoms with Gasteiger partial charge in [-0.15, -0.1) is 24.8 Å². The van der Waals surface area contributed by atoms with Crippen LogP contribution in [0.5, 0.6) is 0 Å². The van der Waals surface area contributed by atoms with E-state index in [-0.39, 0.29) is 30.7 Å². The Morgan fingerprint density at radius 1 is 1.22 bits per heavy atom. The number of ether oxygens (including phenoxy) is 1. The SMILES string of the molecule is COCCNCCNC(=O)CCc1ncc(-c2ccc(Cl)cc2Cl)o1.Cl.Cl. The van der Waals surface area contributed by atoms with Crippen molar-refractivity contribution in [2.45, 2.75) is 12.8 Å². The van der Waals surface area contributed by atoms with Crippen molar-refractivity contribution < 1.29 is 13.9 Å². The lowest BCUT2D eigenvalue weighted by Gasteiger charge is -2.05. The molecule has 152 valence electrons. The molecule has 1 aromatic heterocycles. The third-order valence-electron chi connectivity index (χ3n) is 3.42. The maximum Gasteiger partial charge on any atom is 0.220 e. The lowest BCUT2D eigenvalue weighted by atomic mass is 10.2. The summed E-state index contributed by atoms with van der Waals surface area (Å²) in [6.07, 6.45) is 2.34. The fourth-order valence-electron chi connectivity index (χ4n) is 2.14. The van der Waals surface area contributed by atoms with Gasteiger partial charge in [0.15, 0.2) is 11.7 Å². The number of carbonyl (C=O) groups excluding carboxylic acids is 1. The first-order valence-electron chi connectivity index (χ1n) is 7.96. The zero-order chi connectivity index (χ0) is 18.1. The van der Waals surface area contributed by atoms with Crippen LogP contribution in [-0.2, 0) is 16.0 Å². The lowest BCUT2D eigenvalue weighted by Crippen LogP contribution is -2.33. The number of aromatic nitrogens is 1. The number of oxazole rings is 1. The molecule has 0 atom stereocenters. The van der Waals surface area contributed by atoms with Crippen molar-refractivity contribution in [1.82, 2.24) is 15.6 Å². The monoisotopic (exact) mass is 457 g/mol. The fourth-order valence-corrected chi connectivity index (χ4v) is 2.64. The van der Waals surface area contributed by atoms with E-state index in [1.165, 1.54) is 0 Å². The summed E-state index contributed by atoms with van der Waals surface area (Å²) in [5, 5.41) is 7.04. The molecule has 27 heavy (non-hydrogen) atoms. The minimum Gasteiger partial charge on any atom is -0.441 e. The highest BCUT2D eigenvalue weighted by atomic mass is 35.5. The number of hydrogen-bond donors (Lipinski definition) is 2. The second kappa shape index (κ2) is 14.0. The highest BCUT2D eigenvalue weighted by molar-refractivity contribution is 6.36. The van der Waals surface area contributed by atoms with Gasteiger partial charge in [-0.2, -0.15) is 0 Å². The zero-order valence-electron chi connectivity index (χ0n) is 14.8. The van der Waals surface area contributed by atoms with Gasteiger partial charge in [0.2, 0.25) is 5.91 Å². The summed E-state index contributed by atoms with van der Waals surface area (Å²) in [6, 6.07) is 5.16. The van der Waals surface area contributed by atoms with E-state index in [0.717, 1.165) is 12.1 Å². The van der Waals surface area contributed by atoms with Crippen LogP contribution in [0.4, 0.5) is 0 Å². The molecule has 0 aliphatic heterocycles. The molecule has 1 heterocycles. The van der Waals surface area contributed by atoms with Crippen LogP contribution in [0.25, 0.3) is 11.3 Å². The van der Waals surface area contributed by atoms with Gasteiger partial charge in [-0.3, -0.25) is 4.79 Å². The van der Waals surface area contributed by atoms with Crippen LogP contribution < -0.4 is 10.6 Å². The van der Waals surface area contributed by atoms with Gasteiger partial charge in [0, 0.05) is 50.2 Å². The number of carbonyl (C=O) groups is 1. The van der Waals surface area contributed by atoms with Crippen molar-refractivity contribution in [3.05, 3.63) is 40.3 Å². The van der Waals surface area contributed by atoms with Crippen LogP contribution >= 0.6 is 48.0 Å². The molecule has 0 aliphatic carbocycles. The molecule has 0 spiro atoms. The molecule has 1 aromatic carbocycles. The quantitative estimate of drug-likeness (QED) is 0.530. The molecule has 0 fully saturated rings. The number of hydrogen-bond acceptors (Lipinski definition) is 5. The standard InChI is InChI=1S/C17H21Cl2N3O3.2ClH/c1-24-9-8-20-6-7-21-16(23)4-5-17-22-11-15(25-17)13-3-2-12(18)10-14(13)19;;/h2-3,10-11,20H,4-9H2,1H3,(H,21,23);2*1H. The summed E-state index contributed by atoms with van der Waals surface area (Å²) in [6.45, 7) is 2.68. The Hall–Kier alpha value is -1.02. The second-order valence-electron chi connectivity index (χ2n) is 5.34. The first-order valence-corrected chi connectivity index (χ1v) is 8.72. The van der Waals surface area contributed by atoms with E-state index in [4.69, 9.17) is 32.4 Å². The molecular weight excluding hydrogens is 436 g/mol. The average Bonchev–Trinajstić information content (AvgIpc) is 3.05. The number of halogens is 4. The maximum atomic E-state index is 11.8. The van der Waals surface area contributed by atoms with Gasteiger partial charge in [-0.1, -0.05) is 23.2 Å². The summed E-state index contributed by atoms with van der Waals surface area (Å²) in [7, 11) is 1.65. The van der Waals surface area contributed by atoms with Gasteiger partial charge in [0.25, 0.3) is 0 Å². The van der Waals surface area contributed by atoms with Crippen molar-refractivity contribution in [3.8, 4) is 11.3 Å². The summed E-state index contributed by atoms with van der Waals surface area (Å²) in [4.78, 5) is 16.0. The topological polar surface area (TPSA) is 76.4 Å².